The largest absolute Gasteiger partial charge is 0.487 e. The fraction of sp³-hybridized carbons (Fsp3) is 0.360. The van der Waals surface area contributed by atoms with Crippen LogP contribution in [0.5, 0.6) is 5.75 Å². The zero-order valence-corrected chi connectivity index (χ0v) is 18.7. The Kier molecular flexibility index (Phi) is 6.87. The van der Waals surface area contributed by atoms with Crippen LogP contribution in [0.1, 0.15) is 22.6 Å². The number of carbonyl (C=O) groups excluding carboxylic acids is 1. The maximum atomic E-state index is 12.0. The van der Waals surface area contributed by atoms with Gasteiger partial charge in [0.15, 0.2) is 0 Å². The van der Waals surface area contributed by atoms with Crippen molar-refractivity contribution < 1.29 is 23.4 Å². The molecule has 1 aliphatic rings. The van der Waals surface area contributed by atoms with Crippen LogP contribution >= 0.6 is 0 Å². The van der Waals surface area contributed by atoms with Gasteiger partial charge in [0.05, 0.1) is 20.3 Å². The van der Waals surface area contributed by atoms with Crippen molar-refractivity contribution in [1.82, 2.24) is 9.88 Å². The summed E-state index contributed by atoms with van der Waals surface area (Å²) in [6.07, 6.45) is 0. The highest BCUT2D eigenvalue weighted by Gasteiger charge is 2.30. The summed E-state index contributed by atoms with van der Waals surface area (Å²) in [6, 6.07) is 15.6. The summed E-state index contributed by atoms with van der Waals surface area (Å²) >= 11 is 0. The molecule has 3 aromatic rings. The Labute approximate surface area is 187 Å². The summed E-state index contributed by atoms with van der Waals surface area (Å²) in [5.74, 6) is 1.83. The number of esters is 1. The fourth-order valence-corrected chi connectivity index (χ4v) is 3.64. The van der Waals surface area contributed by atoms with Crippen molar-refractivity contribution in [3.05, 3.63) is 71.1 Å². The van der Waals surface area contributed by atoms with Gasteiger partial charge in [-0.05, 0) is 43.7 Å². The van der Waals surface area contributed by atoms with Crippen molar-refractivity contribution in [3.8, 4) is 17.2 Å². The Bertz CT molecular complexity index is 1040. The second-order valence-electron chi connectivity index (χ2n) is 7.90. The van der Waals surface area contributed by atoms with Crippen LogP contribution in [0, 0.1) is 13.8 Å². The molecule has 1 aromatic heterocycles. The van der Waals surface area contributed by atoms with Crippen molar-refractivity contribution in [2.24, 2.45) is 0 Å². The van der Waals surface area contributed by atoms with Gasteiger partial charge >= 0.3 is 5.97 Å². The van der Waals surface area contributed by atoms with Gasteiger partial charge in [-0.1, -0.05) is 29.8 Å². The van der Waals surface area contributed by atoms with Crippen LogP contribution < -0.4 is 4.74 Å². The molecule has 4 rings (SSSR count). The molecule has 1 atom stereocenters. The third-order valence-corrected chi connectivity index (χ3v) is 5.59. The summed E-state index contributed by atoms with van der Waals surface area (Å²) in [6.45, 7) is 6.57. The number of aryl methyl sites for hydroxylation is 2. The zero-order valence-electron chi connectivity index (χ0n) is 18.7. The number of carbonyl (C=O) groups is 1. The lowest BCUT2D eigenvalue weighted by Crippen LogP contribution is -2.49. The third kappa shape index (κ3) is 5.18. The van der Waals surface area contributed by atoms with Crippen LogP contribution in [0.4, 0.5) is 0 Å². The standard InChI is InChI=1S/C25H28N2O5/c1-17-4-8-20(9-5-17)24-26-22(18(2)32-24)15-31-21-10-6-19(7-11-21)14-27-12-13-30-16-23(27)25(28)29-3/h4-11,23H,12-16H2,1-3H3/t23-/m0/s1. The average Bonchev–Trinajstić information content (AvgIpc) is 3.19. The van der Waals surface area contributed by atoms with Crippen molar-refractivity contribution in [2.75, 3.05) is 26.9 Å². The third-order valence-electron chi connectivity index (χ3n) is 5.59. The van der Waals surface area contributed by atoms with Gasteiger partial charge in [0.1, 0.15) is 29.9 Å². The molecule has 0 unspecified atom stereocenters. The number of hydrogen-bond donors (Lipinski definition) is 0. The number of hydrogen-bond acceptors (Lipinski definition) is 7. The first-order valence-corrected chi connectivity index (χ1v) is 10.7. The molecular weight excluding hydrogens is 408 g/mol. The number of benzene rings is 2. The van der Waals surface area contributed by atoms with Crippen LogP contribution in [0.25, 0.3) is 11.5 Å². The monoisotopic (exact) mass is 436 g/mol. The van der Waals surface area contributed by atoms with E-state index in [-0.39, 0.29) is 12.0 Å². The molecule has 1 aliphatic heterocycles. The molecule has 0 bridgehead atoms. The van der Waals surface area contributed by atoms with Crippen molar-refractivity contribution in [2.45, 2.75) is 33.0 Å². The van der Waals surface area contributed by atoms with Gasteiger partial charge in [-0.3, -0.25) is 9.69 Å². The van der Waals surface area contributed by atoms with Gasteiger partial charge in [0, 0.05) is 18.7 Å². The predicted octanol–water partition coefficient (Wildman–Crippen LogP) is 3.91. The van der Waals surface area contributed by atoms with E-state index in [4.69, 9.17) is 18.6 Å². The molecule has 1 saturated heterocycles. The number of aromatic nitrogens is 1. The van der Waals surface area contributed by atoms with E-state index in [0.717, 1.165) is 28.3 Å². The lowest BCUT2D eigenvalue weighted by Gasteiger charge is -2.33. The maximum Gasteiger partial charge on any atom is 0.325 e. The number of morpholine rings is 1. The predicted molar refractivity (Wildman–Crippen MR) is 119 cm³/mol. The smallest absolute Gasteiger partial charge is 0.325 e. The second kappa shape index (κ2) is 9.97. The fourth-order valence-electron chi connectivity index (χ4n) is 3.64. The van der Waals surface area contributed by atoms with E-state index in [2.05, 4.69) is 9.88 Å². The first kappa shape index (κ1) is 22.0. The second-order valence-corrected chi connectivity index (χ2v) is 7.90. The van der Waals surface area contributed by atoms with Gasteiger partial charge in [0.25, 0.3) is 0 Å². The van der Waals surface area contributed by atoms with E-state index < -0.39 is 0 Å². The van der Waals surface area contributed by atoms with Gasteiger partial charge < -0.3 is 18.6 Å². The molecule has 0 amide bonds. The van der Waals surface area contributed by atoms with Crippen molar-refractivity contribution in [1.29, 1.82) is 0 Å². The van der Waals surface area contributed by atoms with E-state index in [1.807, 2.05) is 62.4 Å². The Balaban J connectivity index is 1.36. The minimum atomic E-state index is -0.373. The highest BCUT2D eigenvalue weighted by atomic mass is 16.5. The molecule has 7 heteroatoms. The molecule has 7 nitrogen and oxygen atoms in total. The molecule has 1 fully saturated rings. The lowest BCUT2D eigenvalue weighted by atomic mass is 10.1. The molecule has 32 heavy (non-hydrogen) atoms. The zero-order chi connectivity index (χ0) is 22.5. The molecule has 0 saturated carbocycles. The Morgan fingerprint density at radius 2 is 1.88 bits per heavy atom. The molecule has 0 aliphatic carbocycles. The number of oxazole rings is 1. The number of methoxy groups -OCH3 is 1. The van der Waals surface area contributed by atoms with Crippen molar-refractivity contribution >= 4 is 5.97 Å². The quantitative estimate of drug-likeness (QED) is 0.520. The maximum absolute atomic E-state index is 12.0. The summed E-state index contributed by atoms with van der Waals surface area (Å²) in [5, 5.41) is 0. The molecule has 2 heterocycles. The lowest BCUT2D eigenvalue weighted by molar-refractivity contribution is -0.153. The van der Waals surface area contributed by atoms with Gasteiger partial charge in [0.2, 0.25) is 5.89 Å². The minimum absolute atomic E-state index is 0.266. The highest BCUT2D eigenvalue weighted by molar-refractivity contribution is 5.75. The number of ether oxygens (including phenoxy) is 3. The summed E-state index contributed by atoms with van der Waals surface area (Å²) < 4.78 is 22.1. The normalized spacial score (nSPS) is 16.7. The molecule has 168 valence electrons. The number of nitrogens with zero attached hydrogens (tertiary/aromatic N) is 2. The highest BCUT2D eigenvalue weighted by Crippen LogP contribution is 2.24. The van der Waals surface area contributed by atoms with Crippen LogP contribution in [-0.4, -0.2) is 48.8 Å². The van der Waals surface area contributed by atoms with Crippen LogP contribution in [0.3, 0.4) is 0 Å². The van der Waals surface area contributed by atoms with Crippen LogP contribution in [0.2, 0.25) is 0 Å². The van der Waals surface area contributed by atoms with E-state index in [0.29, 0.717) is 38.8 Å². The SMILES string of the molecule is COC(=O)[C@@H]1COCCN1Cc1ccc(OCc2nc(-c3ccc(C)cc3)oc2C)cc1. The summed E-state index contributed by atoms with van der Waals surface area (Å²) in [4.78, 5) is 18.7. The summed E-state index contributed by atoms with van der Waals surface area (Å²) in [7, 11) is 1.40. The van der Waals surface area contributed by atoms with Gasteiger partial charge in [-0.2, -0.15) is 0 Å². The summed E-state index contributed by atoms with van der Waals surface area (Å²) in [5.41, 5.74) is 4.01. The van der Waals surface area contributed by atoms with E-state index in [1.165, 1.54) is 12.7 Å². The van der Waals surface area contributed by atoms with Gasteiger partial charge in [-0.15, -0.1) is 0 Å². The molecule has 2 aromatic carbocycles. The first-order chi connectivity index (χ1) is 15.5. The van der Waals surface area contributed by atoms with Gasteiger partial charge in [-0.25, -0.2) is 4.98 Å². The van der Waals surface area contributed by atoms with E-state index in [1.54, 1.807) is 0 Å². The van der Waals surface area contributed by atoms with Crippen molar-refractivity contribution in [3.63, 3.8) is 0 Å². The topological polar surface area (TPSA) is 74.0 Å². The Hall–Kier alpha value is -3.16. The molecule has 0 radical (unpaired) electrons. The average molecular weight is 437 g/mol. The van der Waals surface area contributed by atoms with Crippen LogP contribution in [0.15, 0.2) is 52.9 Å². The molecule has 0 N–H and O–H groups in total. The minimum Gasteiger partial charge on any atom is -0.487 e. The molecular formula is C25H28N2O5. The Morgan fingerprint density at radius 3 is 2.59 bits per heavy atom. The number of rotatable bonds is 7. The molecule has 0 spiro atoms. The Morgan fingerprint density at radius 1 is 1.12 bits per heavy atom. The van der Waals surface area contributed by atoms with Crippen LogP contribution in [-0.2, 0) is 27.4 Å². The van der Waals surface area contributed by atoms with E-state index >= 15 is 0 Å². The van der Waals surface area contributed by atoms with E-state index in [9.17, 15) is 4.79 Å². The first-order valence-electron chi connectivity index (χ1n) is 10.7.